The van der Waals surface area contributed by atoms with Crippen LogP contribution < -0.4 is 4.83 Å². The molecule has 0 heterocycles. The number of hydrazone groups is 1. The average molecular weight is 321 g/mol. The van der Waals surface area contributed by atoms with E-state index in [1.807, 2.05) is 0 Å². The summed E-state index contributed by atoms with van der Waals surface area (Å²) in [5.41, 5.74) is 5.42. The summed E-state index contributed by atoms with van der Waals surface area (Å²) in [7, 11) is 0. The first-order valence-electron chi connectivity index (χ1n) is 8.40. The molecule has 0 aliphatic carbocycles. The maximum Gasteiger partial charge on any atom is 0.0368 e. The molecule has 22 heavy (non-hydrogen) atoms. The molecule has 0 radical (unpaired) electrons. The van der Waals surface area contributed by atoms with Gasteiger partial charge in [0.15, 0.2) is 0 Å². The standard InChI is InChI=1S/C19H32N2S/c1-9-15(8)20-21-22-19-17(13(4)5)10-16(12(2)3)11-18(19)14(6)7/h10-14,21H,9H2,1-8H3/b20-15-. The van der Waals surface area contributed by atoms with Crippen LogP contribution in [-0.2, 0) is 0 Å². The van der Waals surface area contributed by atoms with Crippen LogP contribution in [0, 0.1) is 0 Å². The van der Waals surface area contributed by atoms with Crippen LogP contribution in [-0.4, -0.2) is 5.71 Å². The molecule has 3 heteroatoms. The maximum atomic E-state index is 4.43. The second-order valence-corrected chi connectivity index (χ2v) is 7.68. The zero-order valence-electron chi connectivity index (χ0n) is 15.4. The van der Waals surface area contributed by atoms with Gasteiger partial charge < -0.3 is 0 Å². The van der Waals surface area contributed by atoms with Crippen LogP contribution in [0.2, 0.25) is 0 Å². The van der Waals surface area contributed by atoms with E-state index in [-0.39, 0.29) is 0 Å². The molecule has 0 aromatic heterocycles. The van der Waals surface area contributed by atoms with Crippen molar-refractivity contribution < 1.29 is 0 Å². The van der Waals surface area contributed by atoms with Crippen LogP contribution in [0.3, 0.4) is 0 Å². The topological polar surface area (TPSA) is 24.4 Å². The smallest absolute Gasteiger partial charge is 0.0368 e. The Labute approximate surface area is 141 Å². The molecule has 124 valence electrons. The zero-order chi connectivity index (χ0) is 16.9. The molecule has 2 nitrogen and oxygen atoms in total. The van der Waals surface area contributed by atoms with Gasteiger partial charge in [-0.15, -0.1) is 0 Å². The highest BCUT2D eigenvalue weighted by Gasteiger charge is 2.17. The van der Waals surface area contributed by atoms with Gasteiger partial charge in [0.05, 0.1) is 0 Å². The summed E-state index contributed by atoms with van der Waals surface area (Å²) in [4.78, 5) is 4.55. The Bertz CT molecular complexity index is 487. The molecule has 0 saturated carbocycles. The Morgan fingerprint density at radius 1 is 1.00 bits per heavy atom. The predicted molar refractivity (Wildman–Crippen MR) is 101 cm³/mol. The molecular weight excluding hydrogens is 288 g/mol. The molecule has 0 spiro atoms. The van der Waals surface area contributed by atoms with E-state index >= 15 is 0 Å². The van der Waals surface area contributed by atoms with Crippen molar-refractivity contribution in [3.63, 3.8) is 0 Å². The second-order valence-electron chi connectivity index (χ2n) is 6.89. The van der Waals surface area contributed by atoms with Crippen molar-refractivity contribution in [2.45, 2.75) is 84.5 Å². The van der Waals surface area contributed by atoms with Gasteiger partial charge in [-0.3, -0.25) is 0 Å². The Morgan fingerprint density at radius 3 is 1.86 bits per heavy atom. The van der Waals surface area contributed by atoms with E-state index in [9.17, 15) is 0 Å². The Balaban J connectivity index is 3.26. The summed E-state index contributed by atoms with van der Waals surface area (Å²) in [5, 5.41) is 4.43. The molecule has 0 fully saturated rings. The quantitative estimate of drug-likeness (QED) is 0.355. The minimum absolute atomic E-state index is 0.511. The number of nitrogens with one attached hydrogen (secondary N) is 1. The van der Waals surface area contributed by atoms with Crippen LogP contribution in [0.15, 0.2) is 22.1 Å². The summed E-state index contributed by atoms with van der Waals surface area (Å²) in [6, 6.07) is 4.75. The van der Waals surface area contributed by atoms with Crippen molar-refractivity contribution >= 4 is 17.7 Å². The van der Waals surface area contributed by atoms with Gasteiger partial charge in [0.2, 0.25) is 0 Å². The fraction of sp³-hybridized carbons (Fsp3) is 0.632. The Kier molecular flexibility index (Phi) is 7.47. The maximum absolute atomic E-state index is 4.43. The van der Waals surface area contributed by atoms with Crippen LogP contribution in [0.1, 0.15) is 96.3 Å². The third kappa shape index (κ3) is 5.05. The molecule has 0 aliphatic heterocycles. The molecular formula is C19H32N2S. The number of hydrogen-bond donors (Lipinski definition) is 1. The van der Waals surface area contributed by atoms with Gasteiger partial charge >= 0.3 is 0 Å². The SMILES string of the molecule is CC/C(C)=N\NSc1c(C(C)C)cc(C(C)C)cc1C(C)C. The zero-order valence-corrected chi connectivity index (χ0v) is 16.3. The fourth-order valence-electron chi connectivity index (χ4n) is 2.23. The van der Waals surface area contributed by atoms with E-state index in [0.29, 0.717) is 17.8 Å². The first-order chi connectivity index (χ1) is 10.3. The molecule has 0 amide bonds. The first-order valence-corrected chi connectivity index (χ1v) is 9.22. The van der Waals surface area contributed by atoms with Gasteiger partial charge in [0.25, 0.3) is 0 Å². The van der Waals surface area contributed by atoms with Gasteiger partial charge in [-0.25, -0.2) is 4.83 Å². The minimum Gasteiger partial charge on any atom is -0.247 e. The van der Waals surface area contributed by atoms with E-state index in [4.69, 9.17) is 0 Å². The summed E-state index contributed by atoms with van der Waals surface area (Å²) in [6.07, 6.45) is 0.980. The highest BCUT2D eigenvalue weighted by Crippen LogP contribution is 2.37. The largest absolute Gasteiger partial charge is 0.247 e. The van der Waals surface area contributed by atoms with Crippen LogP contribution in [0.25, 0.3) is 0 Å². The Morgan fingerprint density at radius 2 is 1.50 bits per heavy atom. The number of rotatable bonds is 7. The van der Waals surface area contributed by atoms with E-state index in [1.54, 1.807) is 11.9 Å². The second kappa shape index (κ2) is 8.61. The van der Waals surface area contributed by atoms with Crippen molar-refractivity contribution in [3.05, 3.63) is 28.8 Å². The van der Waals surface area contributed by atoms with E-state index in [2.05, 4.69) is 77.5 Å². The Hall–Kier alpha value is -0.960. The summed E-state index contributed by atoms with van der Waals surface area (Å²) in [6.45, 7) is 17.8. The predicted octanol–water partition coefficient (Wildman–Crippen LogP) is 6.44. The van der Waals surface area contributed by atoms with E-state index in [0.717, 1.165) is 12.1 Å². The van der Waals surface area contributed by atoms with Crippen molar-refractivity contribution in [1.29, 1.82) is 0 Å². The van der Waals surface area contributed by atoms with Crippen molar-refractivity contribution in [3.8, 4) is 0 Å². The molecule has 1 aromatic rings. The van der Waals surface area contributed by atoms with Crippen molar-refractivity contribution in [2.75, 3.05) is 0 Å². The van der Waals surface area contributed by atoms with Gasteiger partial charge in [-0.1, -0.05) is 60.6 Å². The lowest BCUT2D eigenvalue weighted by Gasteiger charge is -2.22. The van der Waals surface area contributed by atoms with Crippen LogP contribution >= 0.6 is 11.9 Å². The van der Waals surface area contributed by atoms with Gasteiger partial charge in [-0.2, -0.15) is 5.10 Å². The summed E-state index contributed by atoms with van der Waals surface area (Å²) < 4.78 is 0. The molecule has 0 atom stereocenters. The van der Waals surface area contributed by atoms with Gasteiger partial charge in [0.1, 0.15) is 0 Å². The monoisotopic (exact) mass is 320 g/mol. The highest BCUT2D eigenvalue weighted by molar-refractivity contribution is 7.97. The third-order valence-electron chi connectivity index (χ3n) is 3.98. The minimum atomic E-state index is 0.511. The van der Waals surface area contributed by atoms with E-state index in [1.165, 1.54) is 21.6 Å². The molecule has 0 aliphatic rings. The number of hydrogen-bond acceptors (Lipinski definition) is 3. The van der Waals surface area contributed by atoms with Crippen molar-refractivity contribution in [2.24, 2.45) is 5.10 Å². The molecule has 0 saturated heterocycles. The normalized spacial score (nSPS) is 12.6. The van der Waals surface area contributed by atoms with Gasteiger partial charge in [-0.05, 0) is 47.8 Å². The summed E-state index contributed by atoms with van der Waals surface area (Å²) >= 11 is 1.66. The van der Waals surface area contributed by atoms with E-state index < -0.39 is 0 Å². The summed E-state index contributed by atoms with van der Waals surface area (Å²) in [5.74, 6) is 1.58. The lowest BCUT2D eigenvalue weighted by molar-refractivity contribution is 0.771. The average Bonchev–Trinajstić information content (AvgIpc) is 2.45. The first kappa shape index (κ1) is 19.1. The van der Waals surface area contributed by atoms with Gasteiger partial charge in [0, 0.05) is 22.6 Å². The third-order valence-corrected chi connectivity index (χ3v) is 4.83. The van der Waals surface area contributed by atoms with Crippen LogP contribution in [0.4, 0.5) is 0 Å². The molecule has 1 aromatic carbocycles. The molecule has 1 rings (SSSR count). The number of benzene rings is 1. The molecule has 0 bridgehead atoms. The number of nitrogens with zero attached hydrogens (tertiary/aromatic N) is 1. The molecule has 0 unspecified atom stereocenters. The van der Waals surface area contributed by atoms with Crippen LogP contribution in [0.5, 0.6) is 0 Å². The highest BCUT2D eigenvalue weighted by atomic mass is 32.2. The fourth-order valence-corrected chi connectivity index (χ4v) is 3.35. The molecule has 1 N–H and O–H groups in total. The lowest BCUT2D eigenvalue weighted by atomic mass is 9.89. The lowest BCUT2D eigenvalue weighted by Crippen LogP contribution is -2.06. The van der Waals surface area contributed by atoms with Crippen molar-refractivity contribution in [1.82, 2.24) is 4.83 Å².